The van der Waals surface area contributed by atoms with Gasteiger partial charge in [-0.2, -0.15) is 26.3 Å². The second-order valence-corrected chi connectivity index (χ2v) is 10.7. The molecule has 1 aromatic heterocycles. The van der Waals surface area contributed by atoms with Crippen LogP contribution < -0.4 is 10.4 Å². The van der Waals surface area contributed by atoms with E-state index >= 15 is 0 Å². The predicted octanol–water partition coefficient (Wildman–Crippen LogP) is 8.67. The van der Waals surface area contributed by atoms with Gasteiger partial charge in [-0.15, -0.1) is 0 Å². The molecule has 228 valence electrons. The molecule has 2 aromatic carbocycles. The summed E-state index contributed by atoms with van der Waals surface area (Å²) in [4.78, 5) is 24.6. The first-order valence-electron chi connectivity index (χ1n) is 13.3. The van der Waals surface area contributed by atoms with Crippen LogP contribution in [0, 0.1) is 5.41 Å². The zero-order valence-electron chi connectivity index (χ0n) is 23.5. The monoisotopic (exact) mass is 598 g/mol. The molecule has 0 saturated carbocycles. The zero-order valence-corrected chi connectivity index (χ0v) is 23.5. The van der Waals surface area contributed by atoms with E-state index in [-0.39, 0.29) is 33.4 Å². The van der Waals surface area contributed by atoms with Gasteiger partial charge in [-0.1, -0.05) is 45.4 Å². The summed E-state index contributed by atoms with van der Waals surface area (Å²) in [7, 11) is 0. The van der Waals surface area contributed by atoms with E-state index in [9.17, 15) is 35.9 Å². The molecule has 5 nitrogen and oxygen atoms in total. The molecule has 0 radical (unpaired) electrons. The summed E-state index contributed by atoms with van der Waals surface area (Å²) in [6.07, 6.45) is -7.58. The number of ether oxygens (including phenoxy) is 2. The third-order valence-corrected chi connectivity index (χ3v) is 6.57. The number of benzene rings is 2. The Balaban J connectivity index is 1.89. The van der Waals surface area contributed by atoms with Crippen molar-refractivity contribution < 1.29 is 45.0 Å². The van der Waals surface area contributed by atoms with Crippen LogP contribution in [-0.2, 0) is 22.1 Å². The molecule has 0 N–H and O–H groups in total. The number of hydrogen-bond donors (Lipinski definition) is 0. The summed E-state index contributed by atoms with van der Waals surface area (Å²) in [6, 6.07) is 9.23. The van der Waals surface area contributed by atoms with Gasteiger partial charge in [0.25, 0.3) is 0 Å². The summed E-state index contributed by atoms with van der Waals surface area (Å²) >= 11 is 0. The minimum absolute atomic E-state index is 0.0273. The Bertz CT molecular complexity index is 1490. The van der Waals surface area contributed by atoms with Crippen LogP contribution in [0.4, 0.5) is 26.3 Å². The van der Waals surface area contributed by atoms with Gasteiger partial charge in [0.2, 0.25) is 0 Å². The van der Waals surface area contributed by atoms with Gasteiger partial charge < -0.3 is 13.9 Å². The fraction of sp³-hybridized carbons (Fsp3) is 0.419. The number of aryl methyl sites for hydroxylation is 1. The van der Waals surface area contributed by atoms with E-state index in [0.29, 0.717) is 12.0 Å². The van der Waals surface area contributed by atoms with Crippen molar-refractivity contribution >= 4 is 16.9 Å². The fourth-order valence-electron chi connectivity index (χ4n) is 4.41. The Hall–Kier alpha value is -3.76. The molecule has 0 aliphatic carbocycles. The van der Waals surface area contributed by atoms with Crippen molar-refractivity contribution in [3.05, 3.63) is 76.2 Å². The van der Waals surface area contributed by atoms with Crippen molar-refractivity contribution in [2.45, 2.75) is 65.2 Å². The highest BCUT2D eigenvalue weighted by Crippen LogP contribution is 2.38. The summed E-state index contributed by atoms with van der Waals surface area (Å²) in [5.74, 6) is -0.795. The molecule has 0 spiro atoms. The average molecular weight is 599 g/mol. The molecule has 3 aromatic rings. The van der Waals surface area contributed by atoms with Crippen molar-refractivity contribution in [3.8, 4) is 16.9 Å². The lowest BCUT2D eigenvalue weighted by atomic mass is 9.88. The van der Waals surface area contributed by atoms with Gasteiger partial charge in [0, 0.05) is 28.0 Å². The molecule has 11 heteroatoms. The lowest BCUT2D eigenvalue weighted by molar-refractivity contribution is -0.173. The summed E-state index contributed by atoms with van der Waals surface area (Å²) < 4.78 is 97.5. The van der Waals surface area contributed by atoms with Gasteiger partial charge in [0.05, 0.1) is 24.2 Å². The van der Waals surface area contributed by atoms with Crippen LogP contribution in [0.3, 0.4) is 0 Å². The fourth-order valence-corrected chi connectivity index (χ4v) is 4.41. The molecule has 0 aliphatic heterocycles. The van der Waals surface area contributed by atoms with E-state index in [4.69, 9.17) is 13.9 Å². The number of carbonyl (C=O) groups is 1. The maximum Gasteiger partial charge on any atom is 0.417 e. The number of unbranched alkanes of at least 4 members (excludes halogenated alkanes) is 2. The van der Waals surface area contributed by atoms with E-state index in [1.165, 1.54) is 44.2 Å². The van der Waals surface area contributed by atoms with Crippen LogP contribution in [0.25, 0.3) is 22.1 Å². The van der Waals surface area contributed by atoms with E-state index < -0.39 is 54.6 Å². The molecule has 0 saturated heterocycles. The Morgan fingerprint density at radius 3 is 2.29 bits per heavy atom. The smallest absolute Gasteiger partial charge is 0.417 e. The zero-order chi connectivity index (χ0) is 31.3. The van der Waals surface area contributed by atoms with E-state index in [2.05, 4.69) is 6.58 Å². The van der Waals surface area contributed by atoms with Crippen molar-refractivity contribution in [3.63, 3.8) is 0 Å². The van der Waals surface area contributed by atoms with Gasteiger partial charge in [0.1, 0.15) is 17.9 Å². The van der Waals surface area contributed by atoms with Crippen LogP contribution >= 0.6 is 0 Å². The van der Waals surface area contributed by atoms with Crippen LogP contribution in [0.2, 0.25) is 0 Å². The van der Waals surface area contributed by atoms with Crippen molar-refractivity contribution in [1.82, 2.24) is 0 Å². The molecule has 0 aliphatic rings. The summed E-state index contributed by atoms with van der Waals surface area (Å²) in [5, 5.41) is 0.283. The van der Waals surface area contributed by atoms with Crippen LogP contribution in [0.1, 0.15) is 57.6 Å². The molecule has 0 bridgehead atoms. The minimum Gasteiger partial charge on any atom is -0.493 e. The number of rotatable bonds is 12. The molecular formula is C31H32F6O5. The van der Waals surface area contributed by atoms with Crippen LogP contribution in [0.15, 0.2) is 63.8 Å². The Kier molecular flexibility index (Phi) is 10.2. The molecule has 0 fully saturated rings. The SMILES string of the molecule is C=C(C)C(=O)OCC(C)(COc1ccc2cc(-c3ccc(CCCCC)cc3C(F)(F)F)c(=O)oc2c1)CC(F)(F)F. The summed E-state index contributed by atoms with van der Waals surface area (Å²) in [6.45, 7) is 6.89. The molecular weight excluding hydrogens is 566 g/mol. The number of carbonyl (C=O) groups excluding carboxylic acids is 1. The van der Waals surface area contributed by atoms with Crippen molar-refractivity contribution in [1.29, 1.82) is 0 Å². The minimum atomic E-state index is -4.71. The Labute approximate surface area is 239 Å². The Morgan fingerprint density at radius 1 is 0.952 bits per heavy atom. The van der Waals surface area contributed by atoms with Crippen molar-refractivity contribution in [2.24, 2.45) is 5.41 Å². The van der Waals surface area contributed by atoms with Gasteiger partial charge in [0.15, 0.2) is 0 Å². The second-order valence-electron chi connectivity index (χ2n) is 10.7. The molecule has 42 heavy (non-hydrogen) atoms. The lowest BCUT2D eigenvalue weighted by Gasteiger charge is -2.30. The van der Waals surface area contributed by atoms with Crippen LogP contribution in [0.5, 0.6) is 5.75 Å². The third kappa shape index (κ3) is 8.87. The standard InChI is InChI=1S/C31H32F6O5/c1-5-6-7-8-20-9-12-23(25(13-20)31(35,36)37)24-14-21-10-11-22(15-26(21)42-28(24)39)40-17-29(4,16-30(32,33)34)18-41-27(38)19(2)3/h9-15H,2,5-8,16-18H2,1,3-4H3. The second kappa shape index (κ2) is 13.0. The highest BCUT2D eigenvalue weighted by molar-refractivity contribution is 5.87. The lowest BCUT2D eigenvalue weighted by Crippen LogP contribution is -2.36. The largest absolute Gasteiger partial charge is 0.493 e. The maximum absolute atomic E-state index is 14.0. The normalized spacial score (nSPS) is 13.5. The van der Waals surface area contributed by atoms with Crippen LogP contribution in [-0.4, -0.2) is 25.4 Å². The number of esters is 1. The topological polar surface area (TPSA) is 65.7 Å². The first kappa shape index (κ1) is 32.8. The van der Waals surface area contributed by atoms with E-state index in [0.717, 1.165) is 25.3 Å². The number of halogens is 6. The molecule has 1 atom stereocenters. The number of hydrogen-bond acceptors (Lipinski definition) is 5. The highest BCUT2D eigenvalue weighted by atomic mass is 19.4. The predicted molar refractivity (Wildman–Crippen MR) is 146 cm³/mol. The highest BCUT2D eigenvalue weighted by Gasteiger charge is 2.41. The number of alkyl halides is 6. The number of fused-ring (bicyclic) bond motifs is 1. The van der Waals surface area contributed by atoms with E-state index in [1.54, 1.807) is 6.07 Å². The third-order valence-electron chi connectivity index (χ3n) is 6.57. The van der Waals surface area contributed by atoms with Gasteiger partial charge in [-0.05, 0) is 49.6 Å². The average Bonchev–Trinajstić information content (AvgIpc) is 2.89. The Morgan fingerprint density at radius 2 is 1.67 bits per heavy atom. The molecule has 0 amide bonds. The summed E-state index contributed by atoms with van der Waals surface area (Å²) in [5.41, 5.74) is -3.70. The quantitative estimate of drug-likeness (QED) is 0.0686. The molecule has 1 unspecified atom stereocenters. The van der Waals surface area contributed by atoms with Gasteiger partial charge in [-0.3, -0.25) is 0 Å². The van der Waals surface area contributed by atoms with E-state index in [1.807, 2.05) is 6.92 Å². The first-order valence-corrected chi connectivity index (χ1v) is 13.3. The molecule has 1 heterocycles. The van der Waals surface area contributed by atoms with Crippen molar-refractivity contribution in [2.75, 3.05) is 13.2 Å². The van der Waals surface area contributed by atoms with Gasteiger partial charge >= 0.3 is 23.9 Å². The first-order chi connectivity index (χ1) is 19.5. The van der Waals surface area contributed by atoms with Gasteiger partial charge in [-0.25, -0.2) is 9.59 Å². The molecule has 3 rings (SSSR count). The maximum atomic E-state index is 14.0.